The molecule has 0 spiro atoms. The molecule has 2 aromatic carbocycles. The number of aryl methyl sites for hydroxylation is 1. The molecule has 0 bridgehead atoms. The van der Waals surface area contributed by atoms with Crippen LogP contribution in [-0.4, -0.2) is 39.5 Å². The third kappa shape index (κ3) is 3.65. The van der Waals surface area contributed by atoms with E-state index in [9.17, 15) is 9.90 Å². The minimum Gasteiger partial charge on any atom is -0.504 e. The van der Waals surface area contributed by atoms with Crippen LogP contribution in [-0.2, 0) is 17.8 Å². The van der Waals surface area contributed by atoms with Gasteiger partial charge in [-0.15, -0.1) is 0 Å². The molecule has 1 amide bonds. The van der Waals surface area contributed by atoms with Crippen LogP contribution in [0.25, 0.3) is 0 Å². The molecular formula is C21H25NO6. The molecule has 1 aliphatic rings. The summed E-state index contributed by atoms with van der Waals surface area (Å²) in [6.07, 6.45) is 1.87. The van der Waals surface area contributed by atoms with Gasteiger partial charge in [0.2, 0.25) is 11.7 Å². The number of amides is 1. The lowest BCUT2D eigenvalue weighted by atomic mass is 10.1. The molecule has 0 atom stereocenters. The molecule has 150 valence electrons. The first-order chi connectivity index (χ1) is 13.5. The molecule has 28 heavy (non-hydrogen) atoms. The lowest BCUT2D eigenvalue weighted by molar-refractivity contribution is -0.118. The molecule has 3 rings (SSSR count). The van der Waals surface area contributed by atoms with E-state index < -0.39 is 0 Å². The topological polar surface area (TPSA) is 77.5 Å². The largest absolute Gasteiger partial charge is 0.504 e. The smallest absolute Gasteiger partial charge is 0.227 e. The fourth-order valence-electron chi connectivity index (χ4n) is 3.50. The van der Waals surface area contributed by atoms with Gasteiger partial charge in [-0.05, 0) is 42.2 Å². The van der Waals surface area contributed by atoms with Crippen molar-refractivity contribution in [2.24, 2.45) is 0 Å². The Balaban J connectivity index is 2.05. The fraction of sp³-hybridized carbons (Fsp3) is 0.381. The van der Waals surface area contributed by atoms with Crippen molar-refractivity contribution in [3.05, 3.63) is 35.4 Å². The van der Waals surface area contributed by atoms with E-state index in [2.05, 4.69) is 0 Å². The van der Waals surface area contributed by atoms with Crippen molar-refractivity contribution in [2.75, 3.05) is 33.3 Å². The Kier molecular flexibility index (Phi) is 5.82. The number of carbonyl (C=O) groups excluding carboxylic acids is 1. The van der Waals surface area contributed by atoms with Crippen molar-refractivity contribution in [3.8, 4) is 28.7 Å². The Morgan fingerprint density at radius 2 is 1.54 bits per heavy atom. The lowest BCUT2D eigenvalue weighted by Crippen LogP contribution is -2.29. The maximum absolute atomic E-state index is 12.8. The van der Waals surface area contributed by atoms with Gasteiger partial charge in [0.15, 0.2) is 23.0 Å². The number of phenols is 1. The van der Waals surface area contributed by atoms with Crippen molar-refractivity contribution in [1.29, 1.82) is 0 Å². The van der Waals surface area contributed by atoms with Crippen molar-refractivity contribution < 1.29 is 28.8 Å². The summed E-state index contributed by atoms with van der Waals surface area (Å²) in [5.74, 6) is 1.99. The molecule has 7 heteroatoms. The SMILES string of the molecule is COc1cc2c(cc1O)CCCC(=O)N2Cc1cc(OC)c(OC)c(OC)c1. The van der Waals surface area contributed by atoms with Gasteiger partial charge in [0.05, 0.1) is 40.7 Å². The van der Waals surface area contributed by atoms with E-state index >= 15 is 0 Å². The van der Waals surface area contributed by atoms with Crippen LogP contribution in [0.15, 0.2) is 24.3 Å². The Morgan fingerprint density at radius 1 is 0.893 bits per heavy atom. The second-order valence-corrected chi connectivity index (χ2v) is 6.52. The molecule has 0 saturated heterocycles. The van der Waals surface area contributed by atoms with Crippen molar-refractivity contribution >= 4 is 11.6 Å². The van der Waals surface area contributed by atoms with E-state index in [1.54, 1.807) is 38.4 Å². The number of phenolic OH excluding ortho intramolecular Hbond substituents is 1. The molecule has 1 heterocycles. The van der Waals surface area contributed by atoms with Crippen LogP contribution in [0.3, 0.4) is 0 Å². The molecule has 0 saturated carbocycles. The standard InChI is InChI=1S/C21H25NO6/c1-25-17-11-15-14(10-16(17)23)6-5-7-20(24)22(15)12-13-8-18(26-2)21(28-4)19(9-13)27-3/h8-11,23H,5-7,12H2,1-4H3. The maximum Gasteiger partial charge on any atom is 0.227 e. The Hall–Kier alpha value is -3.09. The number of carbonyl (C=O) groups is 1. The summed E-state index contributed by atoms with van der Waals surface area (Å²) in [4.78, 5) is 14.5. The first-order valence-electron chi connectivity index (χ1n) is 9.01. The van der Waals surface area contributed by atoms with Crippen LogP contribution < -0.4 is 23.8 Å². The van der Waals surface area contributed by atoms with Crippen molar-refractivity contribution in [2.45, 2.75) is 25.8 Å². The highest BCUT2D eigenvalue weighted by molar-refractivity contribution is 5.95. The molecule has 0 fully saturated rings. The monoisotopic (exact) mass is 387 g/mol. The molecule has 0 unspecified atom stereocenters. The molecule has 2 aromatic rings. The highest BCUT2D eigenvalue weighted by atomic mass is 16.5. The predicted molar refractivity (Wildman–Crippen MR) is 105 cm³/mol. The zero-order valence-corrected chi connectivity index (χ0v) is 16.6. The number of benzene rings is 2. The summed E-state index contributed by atoms with van der Waals surface area (Å²) in [5, 5.41) is 10.1. The molecule has 1 aliphatic heterocycles. The first-order valence-corrected chi connectivity index (χ1v) is 9.01. The Labute approximate surface area is 164 Å². The summed E-state index contributed by atoms with van der Waals surface area (Å²) in [6.45, 7) is 0.330. The second kappa shape index (κ2) is 8.29. The van der Waals surface area contributed by atoms with E-state index in [0.717, 1.165) is 23.2 Å². The van der Waals surface area contributed by atoms with Gasteiger partial charge in [-0.25, -0.2) is 0 Å². The zero-order valence-electron chi connectivity index (χ0n) is 16.6. The van der Waals surface area contributed by atoms with Gasteiger partial charge in [-0.3, -0.25) is 4.79 Å². The van der Waals surface area contributed by atoms with Gasteiger partial charge < -0.3 is 29.0 Å². The van der Waals surface area contributed by atoms with Gasteiger partial charge in [0, 0.05) is 12.5 Å². The van der Waals surface area contributed by atoms with E-state index in [0.29, 0.717) is 42.4 Å². The average Bonchev–Trinajstić information content (AvgIpc) is 2.85. The summed E-state index contributed by atoms with van der Waals surface area (Å²) in [5.41, 5.74) is 2.49. The minimum atomic E-state index is 0.0141. The number of ether oxygens (including phenoxy) is 4. The summed E-state index contributed by atoms with van der Waals surface area (Å²) in [7, 11) is 6.15. The van der Waals surface area contributed by atoms with Crippen LogP contribution in [0.1, 0.15) is 24.0 Å². The van der Waals surface area contributed by atoms with Gasteiger partial charge >= 0.3 is 0 Å². The van der Waals surface area contributed by atoms with E-state index in [-0.39, 0.29) is 11.7 Å². The number of fused-ring (bicyclic) bond motifs is 1. The fourth-order valence-corrected chi connectivity index (χ4v) is 3.50. The van der Waals surface area contributed by atoms with Crippen LogP contribution in [0.4, 0.5) is 5.69 Å². The van der Waals surface area contributed by atoms with Crippen LogP contribution in [0.5, 0.6) is 28.7 Å². The van der Waals surface area contributed by atoms with Gasteiger partial charge in [-0.1, -0.05) is 0 Å². The highest BCUT2D eigenvalue weighted by Crippen LogP contribution is 2.41. The number of anilines is 1. The van der Waals surface area contributed by atoms with Gasteiger partial charge in [0.25, 0.3) is 0 Å². The number of hydrogen-bond acceptors (Lipinski definition) is 6. The normalized spacial score (nSPS) is 13.6. The Morgan fingerprint density at radius 3 is 2.11 bits per heavy atom. The van der Waals surface area contributed by atoms with Crippen LogP contribution in [0, 0.1) is 0 Å². The quantitative estimate of drug-likeness (QED) is 0.820. The van der Waals surface area contributed by atoms with Crippen molar-refractivity contribution in [1.82, 2.24) is 0 Å². The minimum absolute atomic E-state index is 0.0141. The summed E-state index contributed by atoms with van der Waals surface area (Å²) < 4.78 is 21.5. The highest BCUT2D eigenvalue weighted by Gasteiger charge is 2.25. The van der Waals surface area contributed by atoms with Gasteiger partial charge in [0.1, 0.15) is 0 Å². The number of aromatic hydroxyl groups is 1. The van der Waals surface area contributed by atoms with Crippen LogP contribution >= 0.6 is 0 Å². The third-order valence-corrected chi connectivity index (χ3v) is 4.87. The molecule has 0 aromatic heterocycles. The van der Waals surface area contributed by atoms with E-state index in [4.69, 9.17) is 18.9 Å². The van der Waals surface area contributed by atoms with E-state index in [1.807, 2.05) is 12.1 Å². The molecular weight excluding hydrogens is 362 g/mol. The van der Waals surface area contributed by atoms with Crippen molar-refractivity contribution in [3.63, 3.8) is 0 Å². The average molecular weight is 387 g/mol. The van der Waals surface area contributed by atoms with Gasteiger partial charge in [-0.2, -0.15) is 0 Å². The van der Waals surface area contributed by atoms with E-state index in [1.165, 1.54) is 7.11 Å². The number of rotatable bonds is 6. The maximum atomic E-state index is 12.8. The number of nitrogens with zero attached hydrogens (tertiary/aromatic N) is 1. The predicted octanol–water partition coefficient (Wildman–Crippen LogP) is 3.30. The number of methoxy groups -OCH3 is 4. The second-order valence-electron chi connectivity index (χ2n) is 6.52. The summed E-state index contributed by atoms with van der Waals surface area (Å²) in [6, 6.07) is 7.05. The number of hydrogen-bond donors (Lipinski definition) is 1. The molecule has 7 nitrogen and oxygen atoms in total. The van der Waals surface area contributed by atoms with Crippen LogP contribution in [0.2, 0.25) is 0 Å². The molecule has 1 N–H and O–H groups in total. The summed E-state index contributed by atoms with van der Waals surface area (Å²) >= 11 is 0. The molecule has 0 aliphatic carbocycles. The lowest BCUT2D eigenvalue weighted by Gasteiger charge is -2.25. The first kappa shape index (κ1) is 19.7. The zero-order chi connectivity index (χ0) is 20.3. The third-order valence-electron chi connectivity index (χ3n) is 4.87. The molecule has 0 radical (unpaired) electrons. The Bertz CT molecular complexity index is 854.